The van der Waals surface area contributed by atoms with E-state index in [1.165, 1.54) is 17.1 Å². The molecule has 9 nitrogen and oxygen atoms in total. The predicted molar refractivity (Wildman–Crippen MR) is 147 cm³/mol. The summed E-state index contributed by atoms with van der Waals surface area (Å²) in [4.78, 5) is 24.4. The smallest absolute Gasteiger partial charge is 0.231 e. The third-order valence-electron chi connectivity index (χ3n) is 6.96. The molecule has 0 N–H and O–H groups in total. The van der Waals surface area contributed by atoms with Gasteiger partial charge >= 0.3 is 0 Å². The molecule has 1 amide bonds. The number of carbonyl (C=O) groups excluding carboxylic acids is 1. The van der Waals surface area contributed by atoms with Gasteiger partial charge in [0.15, 0.2) is 11.5 Å². The van der Waals surface area contributed by atoms with E-state index < -0.39 is 0 Å². The highest BCUT2D eigenvalue weighted by atomic mass is 32.1. The Kier molecular flexibility index (Phi) is 8.29. The molecule has 2 aliphatic heterocycles. The molecule has 5 rings (SSSR count). The first-order chi connectivity index (χ1) is 18.5. The summed E-state index contributed by atoms with van der Waals surface area (Å²) in [5.41, 5.74) is 2.31. The van der Waals surface area contributed by atoms with Gasteiger partial charge in [-0.1, -0.05) is 18.2 Å². The fraction of sp³-hybridized carbons (Fsp3) is 0.464. The van der Waals surface area contributed by atoms with Gasteiger partial charge in [0.2, 0.25) is 17.8 Å². The van der Waals surface area contributed by atoms with Crippen molar-refractivity contribution >= 4 is 22.6 Å². The summed E-state index contributed by atoms with van der Waals surface area (Å²) in [6, 6.07) is 14.3. The molecule has 3 aromatic rings. The van der Waals surface area contributed by atoms with Gasteiger partial charge in [-0.2, -0.15) is 4.37 Å². The van der Waals surface area contributed by atoms with Crippen LogP contribution in [-0.2, 0) is 17.8 Å². The molecule has 2 aliphatic rings. The van der Waals surface area contributed by atoms with Crippen LogP contribution in [0.5, 0.6) is 17.2 Å². The summed E-state index contributed by atoms with van der Waals surface area (Å²) in [6.45, 7) is 9.22. The van der Waals surface area contributed by atoms with Crippen molar-refractivity contribution in [2.45, 2.75) is 39.3 Å². The van der Waals surface area contributed by atoms with Crippen LogP contribution >= 0.6 is 11.5 Å². The lowest BCUT2D eigenvalue weighted by atomic mass is 10.1. The predicted octanol–water partition coefficient (Wildman–Crippen LogP) is 3.82. The quantitative estimate of drug-likeness (QED) is 0.386. The van der Waals surface area contributed by atoms with Gasteiger partial charge in [0.1, 0.15) is 11.6 Å². The van der Waals surface area contributed by atoms with Gasteiger partial charge in [0.25, 0.3) is 0 Å². The molecule has 202 valence electrons. The number of anilines is 1. The zero-order chi connectivity index (χ0) is 26.5. The van der Waals surface area contributed by atoms with E-state index in [1.54, 1.807) is 7.11 Å². The van der Waals surface area contributed by atoms with Gasteiger partial charge in [0.05, 0.1) is 7.11 Å². The second-order valence-corrected chi connectivity index (χ2v) is 10.6. The Balaban J connectivity index is 1.10. The Hall–Kier alpha value is -3.37. The third kappa shape index (κ3) is 6.36. The number of methoxy groups -OCH3 is 1. The maximum atomic E-state index is 13.1. The average molecular weight is 538 g/mol. The van der Waals surface area contributed by atoms with Crippen LogP contribution in [-0.4, -0.2) is 77.7 Å². The maximum Gasteiger partial charge on any atom is 0.231 e. The highest BCUT2D eigenvalue weighted by molar-refractivity contribution is 7.09. The standard InChI is InChI=1S/C28H35N5O4S/c1-20(2)33(28-29-26(30-38-28)17-21-5-4-6-23(15-21)35-3)10-9-27(34)32-13-11-31(12-14-32)18-22-7-8-24-25(16-22)37-19-36-24/h4-8,15-16,20H,9-14,17-19H2,1-3H3. The zero-order valence-corrected chi connectivity index (χ0v) is 23.1. The van der Waals surface area contributed by atoms with Crippen LogP contribution in [0.1, 0.15) is 37.2 Å². The minimum atomic E-state index is 0.194. The van der Waals surface area contributed by atoms with Gasteiger partial charge in [0, 0.05) is 69.7 Å². The molecule has 1 fully saturated rings. The van der Waals surface area contributed by atoms with Crippen LogP contribution in [0, 0.1) is 0 Å². The van der Waals surface area contributed by atoms with Gasteiger partial charge in [-0.25, -0.2) is 4.98 Å². The molecule has 0 aliphatic carbocycles. The number of hydrogen-bond acceptors (Lipinski definition) is 9. The van der Waals surface area contributed by atoms with E-state index in [-0.39, 0.29) is 18.7 Å². The van der Waals surface area contributed by atoms with Gasteiger partial charge < -0.3 is 24.0 Å². The molecule has 0 bridgehead atoms. The molecule has 10 heteroatoms. The van der Waals surface area contributed by atoms with Crippen molar-refractivity contribution in [1.29, 1.82) is 0 Å². The number of benzene rings is 2. The third-order valence-corrected chi connectivity index (χ3v) is 7.75. The van der Waals surface area contributed by atoms with Crippen LogP contribution in [0.25, 0.3) is 0 Å². The highest BCUT2D eigenvalue weighted by Crippen LogP contribution is 2.33. The molecule has 0 radical (unpaired) electrons. The lowest BCUT2D eigenvalue weighted by molar-refractivity contribution is -0.132. The second-order valence-electron chi connectivity index (χ2n) is 9.90. The van der Waals surface area contributed by atoms with Crippen molar-refractivity contribution in [3.63, 3.8) is 0 Å². The minimum absolute atomic E-state index is 0.194. The molecule has 2 aromatic carbocycles. The molecule has 0 atom stereocenters. The summed E-state index contributed by atoms with van der Waals surface area (Å²) in [6.07, 6.45) is 1.11. The molecule has 3 heterocycles. The highest BCUT2D eigenvalue weighted by Gasteiger charge is 2.24. The molecule has 1 aromatic heterocycles. The first-order valence-corrected chi connectivity index (χ1v) is 13.9. The number of rotatable bonds is 10. The van der Waals surface area contributed by atoms with Crippen molar-refractivity contribution in [2.75, 3.05) is 51.5 Å². The number of carbonyl (C=O) groups is 1. The van der Waals surface area contributed by atoms with Crippen LogP contribution in [0.4, 0.5) is 5.13 Å². The lowest BCUT2D eigenvalue weighted by Crippen LogP contribution is -2.49. The number of nitrogens with zero attached hydrogens (tertiary/aromatic N) is 5. The summed E-state index contributed by atoms with van der Waals surface area (Å²) >= 11 is 1.40. The van der Waals surface area contributed by atoms with E-state index in [0.29, 0.717) is 19.4 Å². The molecular formula is C28H35N5O4S. The van der Waals surface area contributed by atoms with E-state index in [9.17, 15) is 4.79 Å². The van der Waals surface area contributed by atoms with Crippen molar-refractivity contribution in [2.24, 2.45) is 0 Å². The number of fused-ring (bicyclic) bond motifs is 1. The number of piperazine rings is 1. The van der Waals surface area contributed by atoms with Crippen molar-refractivity contribution in [3.8, 4) is 17.2 Å². The monoisotopic (exact) mass is 537 g/mol. The van der Waals surface area contributed by atoms with Gasteiger partial charge in [-0.3, -0.25) is 9.69 Å². The van der Waals surface area contributed by atoms with E-state index in [2.05, 4.69) is 46.2 Å². The minimum Gasteiger partial charge on any atom is -0.497 e. The number of amides is 1. The van der Waals surface area contributed by atoms with Crippen molar-refractivity contribution in [1.82, 2.24) is 19.2 Å². The maximum absolute atomic E-state index is 13.1. The molecule has 1 saturated heterocycles. The topological polar surface area (TPSA) is 80.3 Å². The first kappa shape index (κ1) is 26.2. The summed E-state index contributed by atoms with van der Waals surface area (Å²) in [5, 5.41) is 0.860. The van der Waals surface area contributed by atoms with E-state index in [0.717, 1.165) is 66.5 Å². The van der Waals surface area contributed by atoms with Crippen LogP contribution in [0.3, 0.4) is 0 Å². The van der Waals surface area contributed by atoms with E-state index >= 15 is 0 Å². The van der Waals surface area contributed by atoms with Gasteiger partial charge in [-0.15, -0.1) is 0 Å². The fourth-order valence-corrected chi connectivity index (χ4v) is 5.65. The van der Waals surface area contributed by atoms with Crippen LogP contribution in [0.2, 0.25) is 0 Å². The summed E-state index contributed by atoms with van der Waals surface area (Å²) in [5.74, 6) is 3.43. The molecule has 38 heavy (non-hydrogen) atoms. The first-order valence-electron chi connectivity index (χ1n) is 13.1. The number of aromatic nitrogens is 2. The Morgan fingerprint density at radius 3 is 2.68 bits per heavy atom. The SMILES string of the molecule is COc1cccc(Cc2nsc(N(CCC(=O)N3CCN(Cc4ccc5c(c4)OCO5)CC3)C(C)C)n2)c1. The lowest BCUT2D eigenvalue weighted by Gasteiger charge is -2.35. The molecule has 0 unspecified atom stereocenters. The molecule has 0 saturated carbocycles. The van der Waals surface area contributed by atoms with Crippen molar-refractivity contribution in [3.05, 3.63) is 59.4 Å². The van der Waals surface area contributed by atoms with Crippen LogP contribution < -0.4 is 19.1 Å². The fourth-order valence-electron chi connectivity index (χ4n) is 4.80. The van der Waals surface area contributed by atoms with Crippen LogP contribution in [0.15, 0.2) is 42.5 Å². The Labute approximate surface area is 228 Å². The summed E-state index contributed by atoms with van der Waals surface area (Å²) in [7, 11) is 1.67. The molecule has 0 spiro atoms. The Morgan fingerprint density at radius 1 is 1.08 bits per heavy atom. The average Bonchev–Trinajstić information content (AvgIpc) is 3.58. The Bertz CT molecular complexity index is 1240. The normalized spacial score (nSPS) is 15.2. The van der Waals surface area contributed by atoms with E-state index in [4.69, 9.17) is 19.2 Å². The number of ether oxygens (including phenoxy) is 3. The largest absolute Gasteiger partial charge is 0.497 e. The van der Waals surface area contributed by atoms with Gasteiger partial charge in [-0.05, 0) is 49.2 Å². The Morgan fingerprint density at radius 2 is 1.89 bits per heavy atom. The van der Waals surface area contributed by atoms with Crippen molar-refractivity contribution < 1.29 is 19.0 Å². The molecular weight excluding hydrogens is 502 g/mol. The zero-order valence-electron chi connectivity index (χ0n) is 22.3. The second kappa shape index (κ2) is 12.0. The van der Waals surface area contributed by atoms with E-state index in [1.807, 2.05) is 29.2 Å². The number of hydrogen-bond donors (Lipinski definition) is 0. The summed E-state index contributed by atoms with van der Waals surface area (Å²) < 4.78 is 20.8.